The molecule has 4 rings (SSSR count). The molecule has 37 heavy (non-hydrogen) atoms. The van der Waals surface area contributed by atoms with Gasteiger partial charge in [0, 0.05) is 28.9 Å². The molecule has 0 aliphatic heterocycles. The van der Waals surface area contributed by atoms with E-state index >= 15 is 0 Å². The van der Waals surface area contributed by atoms with Gasteiger partial charge in [0.05, 0.1) is 29.0 Å². The van der Waals surface area contributed by atoms with E-state index in [9.17, 15) is 18.3 Å². The minimum Gasteiger partial charge on any atom is -0.394 e. The lowest BCUT2D eigenvalue weighted by Gasteiger charge is -2.17. The topological polar surface area (TPSA) is 101 Å². The van der Waals surface area contributed by atoms with Crippen LogP contribution in [0.3, 0.4) is 0 Å². The van der Waals surface area contributed by atoms with Crippen molar-refractivity contribution in [1.29, 1.82) is 0 Å². The van der Waals surface area contributed by atoms with Gasteiger partial charge < -0.3 is 14.8 Å². The van der Waals surface area contributed by atoms with E-state index in [2.05, 4.69) is 12.2 Å². The smallest absolute Gasteiger partial charge is 0.252 e. The van der Waals surface area contributed by atoms with Crippen LogP contribution < -0.4 is 5.32 Å². The van der Waals surface area contributed by atoms with E-state index in [0.29, 0.717) is 28.2 Å². The summed E-state index contributed by atoms with van der Waals surface area (Å²) >= 11 is 6.11. The van der Waals surface area contributed by atoms with Crippen molar-refractivity contribution < 1.29 is 18.3 Å². The largest absolute Gasteiger partial charge is 0.394 e. The maximum atomic E-state index is 13.1. The Morgan fingerprint density at radius 3 is 2.46 bits per heavy atom. The van der Waals surface area contributed by atoms with Gasteiger partial charge in [0.25, 0.3) is 5.91 Å². The minimum atomic E-state index is -3.33. The van der Waals surface area contributed by atoms with Crippen LogP contribution in [0.2, 0.25) is 5.02 Å². The van der Waals surface area contributed by atoms with E-state index in [-0.39, 0.29) is 23.2 Å². The van der Waals surface area contributed by atoms with Crippen molar-refractivity contribution in [2.75, 3.05) is 12.4 Å². The van der Waals surface area contributed by atoms with Crippen LogP contribution in [-0.2, 0) is 22.7 Å². The van der Waals surface area contributed by atoms with Crippen molar-refractivity contribution >= 4 is 33.0 Å². The Balaban J connectivity index is 1.57. The van der Waals surface area contributed by atoms with E-state index in [1.54, 1.807) is 31.2 Å². The lowest BCUT2D eigenvalue weighted by atomic mass is 10.0. The molecule has 0 saturated carbocycles. The number of amides is 1. The molecule has 2 aromatic heterocycles. The monoisotopic (exact) mass is 539 g/mol. The molecule has 1 atom stereocenters. The van der Waals surface area contributed by atoms with Gasteiger partial charge in [-0.1, -0.05) is 43.6 Å². The molecule has 2 N–H and O–H groups in total. The fourth-order valence-electron chi connectivity index (χ4n) is 4.39. The SMILES string of the molecule is CCc1c(Cc2ccc(Cl)cc2C)nc2cc(C(=O)N[C@@H](CO)c3ccc(S(=O)(=O)CC)cc3)ccn12. The molecule has 0 fully saturated rings. The quantitative estimate of drug-likeness (QED) is 0.321. The van der Waals surface area contributed by atoms with Gasteiger partial charge >= 0.3 is 0 Å². The number of benzene rings is 2. The van der Waals surface area contributed by atoms with Crippen molar-refractivity contribution in [2.45, 2.75) is 44.6 Å². The van der Waals surface area contributed by atoms with Crippen LogP contribution in [0.25, 0.3) is 5.65 Å². The fraction of sp³-hybridized carbons (Fsp3) is 0.286. The maximum Gasteiger partial charge on any atom is 0.252 e. The number of pyridine rings is 1. The number of nitrogens with one attached hydrogen (secondary N) is 1. The van der Waals surface area contributed by atoms with Crippen LogP contribution in [0.1, 0.15) is 58.3 Å². The fourth-order valence-corrected chi connectivity index (χ4v) is 5.50. The van der Waals surface area contributed by atoms with Crippen LogP contribution >= 0.6 is 11.6 Å². The molecule has 7 nitrogen and oxygen atoms in total. The zero-order valence-corrected chi connectivity index (χ0v) is 22.6. The molecule has 9 heteroatoms. The number of nitrogens with zero attached hydrogens (tertiary/aromatic N) is 2. The Morgan fingerprint density at radius 1 is 1.11 bits per heavy atom. The standard InChI is InChI=1S/C28H30ClN3O4S/c1-4-26-24(15-20-6-9-22(29)14-18(20)3)30-27-16-21(12-13-32(26)27)28(34)31-25(17-33)19-7-10-23(11-8-19)37(35,36)5-2/h6-14,16,25,33H,4-5,15,17H2,1-3H3,(H,31,34)/t25-/m0/s1. The van der Waals surface area contributed by atoms with Gasteiger partial charge in [-0.2, -0.15) is 0 Å². The number of fused-ring (bicyclic) bond motifs is 1. The first kappa shape index (κ1) is 26.9. The molecule has 0 radical (unpaired) electrons. The highest BCUT2D eigenvalue weighted by molar-refractivity contribution is 7.91. The van der Waals surface area contributed by atoms with E-state index in [4.69, 9.17) is 16.6 Å². The predicted molar refractivity (Wildman–Crippen MR) is 145 cm³/mol. The lowest BCUT2D eigenvalue weighted by Crippen LogP contribution is -2.30. The highest BCUT2D eigenvalue weighted by Crippen LogP contribution is 2.23. The Kier molecular flexibility index (Phi) is 8.02. The first-order valence-corrected chi connectivity index (χ1v) is 14.2. The summed E-state index contributed by atoms with van der Waals surface area (Å²) in [5.74, 6) is -0.355. The molecule has 194 valence electrons. The van der Waals surface area contributed by atoms with Gasteiger partial charge in [0.1, 0.15) is 5.65 Å². The Bertz CT molecular complexity index is 1550. The van der Waals surface area contributed by atoms with Crippen LogP contribution in [0.15, 0.2) is 65.7 Å². The third kappa shape index (κ3) is 5.71. The molecule has 0 saturated heterocycles. The molecule has 0 aliphatic rings. The maximum absolute atomic E-state index is 13.1. The number of halogens is 1. The Morgan fingerprint density at radius 2 is 1.84 bits per heavy atom. The average molecular weight is 540 g/mol. The number of imidazole rings is 1. The number of carbonyl (C=O) groups is 1. The summed E-state index contributed by atoms with van der Waals surface area (Å²) in [5, 5.41) is 13.5. The molecule has 0 spiro atoms. The lowest BCUT2D eigenvalue weighted by molar-refractivity contribution is 0.0916. The van der Waals surface area contributed by atoms with Crippen LogP contribution in [0, 0.1) is 6.92 Å². The molecule has 0 bridgehead atoms. The summed E-state index contributed by atoms with van der Waals surface area (Å²) in [6.45, 7) is 5.35. The van der Waals surface area contributed by atoms with Gasteiger partial charge in [-0.05, 0) is 66.4 Å². The van der Waals surface area contributed by atoms with Crippen molar-refractivity contribution in [2.24, 2.45) is 0 Å². The van der Waals surface area contributed by atoms with Crippen LogP contribution in [0.5, 0.6) is 0 Å². The third-order valence-corrected chi connectivity index (χ3v) is 8.56. The number of aliphatic hydroxyl groups is 1. The second kappa shape index (κ2) is 11.0. The van der Waals surface area contributed by atoms with Crippen molar-refractivity contribution in [1.82, 2.24) is 14.7 Å². The molecule has 2 aromatic carbocycles. The molecular formula is C28H30ClN3O4S. The summed E-state index contributed by atoms with van der Waals surface area (Å²) in [7, 11) is -3.33. The van der Waals surface area contributed by atoms with Crippen LogP contribution in [-0.4, -0.2) is 41.2 Å². The van der Waals surface area contributed by atoms with Crippen molar-refractivity contribution in [3.8, 4) is 0 Å². The zero-order valence-electron chi connectivity index (χ0n) is 21.0. The minimum absolute atomic E-state index is 0.00350. The number of sulfone groups is 1. The van der Waals surface area contributed by atoms with Gasteiger partial charge in [-0.25, -0.2) is 13.4 Å². The van der Waals surface area contributed by atoms with Gasteiger partial charge in [-0.15, -0.1) is 0 Å². The number of aliphatic hydroxyl groups excluding tert-OH is 1. The van der Waals surface area contributed by atoms with Crippen molar-refractivity contribution in [3.63, 3.8) is 0 Å². The molecule has 0 aliphatic carbocycles. The Labute approximate surface area is 222 Å². The molecule has 2 heterocycles. The predicted octanol–water partition coefficient (Wildman–Crippen LogP) is 4.71. The summed E-state index contributed by atoms with van der Waals surface area (Å²) in [4.78, 5) is 18.1. The summed E-state index contributed by atoms with van der Waals surface area (Å²) in [5.41, 5.74) is 5.96. The number of carbonyl (C=O) groups excluding carboxylic acids is 1. The van der Waals surface area contributed by atoms with Gasteiger partial charge in [-0.3, -0.25) is 4.79 Å². The summed E-state index contributed by atoms with van der Waals surface area (Å²) in [6.07, 6.45) is 3.28. The van der Waals surface area contributed by atoms with Crippen molar-refractivity contribution in [3.05, 3.63) is 99.5 Å². The molecule has 4 aromatic rings. The zero-order chi connectivity index (χ0) is 26.7. The number of rotatable bonds is 9. The molecule has 0 unspecified atom stereocenters. The first-order chi connectivity index (χ1) is 17.7. The average Bonchev–Trinajstić information content (AvgIpc) is 3.25. The highest BCUT2D eigenvalue weighted by Gasteiger charge is 2.19. The van der Waals surface area contributed by atoms with Crippen LogP contribution in [0.4, 0.5) is 0 Å². The van der Waals surface area contributed by atoms with E-state index in [0.717, 1.165) is 28.9 Å². The third-order valence-electron chi connectivity index (χ3n) is 6.58. The number of hydrogen-bond acceptors (Lipinski definition) is 5. The number of aromatic nitrogens is 2. The van der Waals surface area contributed by atoms with E-state index in [1.165, 1.54) is 12.1 Å². The summed E-state index contributed by atoms with van der Waals surface area (Å²) in [6, 6.07) is 14.8. The van der Waals surface area contributed by atoms with E-state index in [1.807, 2.05) is 35.7 Å². The Hall–Kier alpha value is -3.20. The normalized spacial score (nSPS) is 12.6. The number of aryl methyl sites for hydroxylation is 2. The summed E-state index contributed by atoms with van der Waals surface area (Å²) < 4.78 is 26.1. The first-order valence-electron chi connectivity index (χ1n) is 12.2. The van der Waals surface area contributed by atoms with E-state index < -0.39 is 15.9 Å². The highest BCUT2D eigenvalue weighted by atomic mass is 35.5. The van der Waals surface area contributed by atoms with Gasteiger partial charge in [0.2, 0.25) is 0 Å². The molecule has 1 amide bonds. The second-order valence-electron chi connectivity index (χ2n) is 8.93. The number of hydrogen-bond donors (Lipinski definition) is 2. The second-order valence-corrected chi connectivity index (χ2v) is 11.6. The van der Waals surface area contributed by atoms with Gasteiger partial charge in [0.15, 0.2) is 9.84 Å². The molecular weight excluding hydrogens is 510 g/mol.